The molecule has 0 spiro atoms. The molecule has 0 unspecified atom stereocenters. The predicted molar refractivity (Wildman–Crippen MR) is 110 cm³/mol. The van der Waals surface area contributed by atoms with E-state index >= 15 is 0 Å². The fraction of sp³-hybridized carbons (Fsp3) is 0.318. The fourth-order valence-corrected chi connectivity index (χ4v) is 3.41. The third-order valence-electron chi connectivity index (χ3n) is 4.79. The summed E-state index contributed by atoms with van der Waals surface area (Å²) in [7, 11) is 0. The van der Waals surface area contributed by atoms with Gasteiger partial charge in [-0.2, -0.15) is 0 Å². The van der Waals surface area contributed by atoms with Crippen LogP contribution in [0.3, 0.4) is 0 Å². The van der Waals surface area contributed by atoms with Gasteiger partial charge in [0.15, 0.2) is 12.4 Å². The molecular weight excluding hydrogens is 392 g/mol. The zero-order chi connectivity index (χ0) is 20.6. The highest BCUT2D eigenvalue weighted by Gasteiger charge is 2.14. The van der Waals surface area contributed by atoms with E-state index in [0.717, 1.165) is 19.3 Å². The third kappa shape index (κ3) is 6.06. The van der Waals surface area contributed by atoms with E-state index in [1.54, 1.807) is 24.3 Å². The van der Waals surface area contributed by atoms with Crippen LogP contribution in [0.15, 0.2) is 42.5 Å². The van der Waals surface area contributed by atoms with Crippen molar-refractivity contribution in [1.82, 2.24) is 10.9 Å². The number of carbonyl (C=O) groups excluding carboxylic acids is 3. The van der Waals surface area contributed by atoms with Crippen LogP contribution in [-0.2, 0) is 22.4 Å². The van der Waals surface area contributed by atoms with Gasteiger partial charge in [-0.05, 0) is 55.0 Å². The average molecular weight is 415 g/mol. The van der Waals surface area contributed by atoms with Crippen molar-refractivity contribution in [2.75, 3.05) is 6.61 Å². The molecule has 2 aromatic rings. The molecule has 2 amide bonds. The van der Waals surface area contributed by atoms with Gasteiger partial charge in [0.25, 0.3) is 5.91 Å². The van der Waals surface area contributed by atoms with E-state index in [2.05, 4.69) is 10.9 Å². The Morgan fingerprint density at radius 1 is 0.897 bits per heavy atom. The van der Waals surface area contributed by atoms with Crippen LogP contribution < -0.4 is 15.6 Å². The highest BCUT2D eigenvalue weighted by atomic mass is 35.5. The molecule has 0 heterocycles. The lowest BCUT2D eigenvalue weighted by Gasteiger charge is -2.16. The number of Topliss-reactive ketones (excluding diaryl/α,β-unsaturated/α-hetero) is 1. The molecule has 2 aromatic carbocycles. The van der Waals surface area contributed by atoms with E-state index < -0.39 is 11.8 Å². The standard InChI is InChI=1S/C22H23ClN2O4/c23-18-7-3-4-8-20(18)29-14-22(28)25-24-21(27)12-11-19(26)17-10-9-15-5-1-2-6-16(15)13-17/h3-4,7-10,13H,1-2,5-6,11-12,14H2,(H,24,27)(H,25,28). The molecule has 1 aliphatic rings. The number of rotatable bonds is 7. The molecule has 2 N–H and O–H groups in total. The molecule has 7 heteroatoms. The number of para-hydroxylation sites is 1. The first-order valence-electron chi connectivity index (χ1n) is 9.63. The molecule has 0 aliphatic heterocycles. The fourth-order valence-electron chi connectivity index (χ4n) is 3.22. The normalized spacial score (nSPS) is 12.6. The summed E-state index contributed by atoms with van der Waals surface area (Å²) < 4.78 is 5.28. The van der Waals surface area contributed by atoms with Crippen LogP contribution in [0.4, 0.5) is 0 Å². The number of hydrogen-bond acceptors (Lipinski definition) is 4. The maximum absolute atomic E-state index is 12.4. The number of benzene rings is 2. The van der Waals surface area contributed by atoms with Crippen molar-refractivity contribution in [3.8, 4) is 5.75 Å². The number of hydrogen-bond donors (Lipinski definition) is 2. The summed E-state index contributed by atoms with van der Waals surface area (Å²) in [4.78, 5) is 36.0. The van der Waals surface area contributed by atoms with Crippen LogP contribution in [0.25, 0.3) is 0 Å². The molecule has 29 heavy (non-hydrogen) atoms. The monoisotopic (exact) mass is 414 g/mol. The molecule has 0 fully saturated rings. The van der Waals surface area contributed by atoms with Crippen molar-refractivity contribution in [2.45, 2.75) is 38.5 Å². The van der Waals surface area contributed by atoms with Gasteiger partial charge in [-0.1, -0.05) is 35.9 Å². The summed E-state index contributed by atoms with van der Waals surface area (Å²) in [6.45, 7) is -0.294. The van der Waals surface area contributed by atoms with Gasteiger partial charge in [0.2, 0.25) is 5.91 Å². The van der Waals surface area contributed by atoms with Gasteiger partial charge < -0.3 is 4.74 Å². The zero-order valence-electron chi connectivity index (χ0n) is 16.0. The summed E-state index contributed by atoms with van der Waals surface area (Å²) >= 11 is 5.94. The second kappa shape index (κ2) is 10.1. The second-order valence-electron chi connectivity index (χ2n) is 6.93. The van der Waals surface area contributed by atoms with Gasteiger partial charge in [-0.15, -0.1) is 0 Å². The lowest BCUT2D eigenvalue weighted by Crippen LogP contribution is -2.43. The number of amides is 2. The van der Waals surface area contributed by atoms with E-state index in [4.69, 9.17) is 16.3 Å². The van der Waals surface area contributed by atoms with Gasteiger partial charge in [-0.3, -0.25) is 25.2 Å². The van der Waals surface area contributed by atoms with E-state index in [0.29, 0.717) is 16.3 Å². The van der Waals surface area contributed by atoms with Crippen LogP contribution in [0.2, 0.25) is 5.02 Å². The SMILES string of the molecule is O=C(CCC(=O)c1ccc2c(c1)CCCC2)NNC(=O)COc1ccccc1Cl. The molecule has 0 radical (unpaired) electrons. The molecule has 1 aliphatic carbocycles. The van der Waals surface area contributed by atoms with Crippen LogP contribution in [0.5, 0.6) is 5.75 Å². The van der Waals surface area contributed by atoms with E-state index in [1.807, 2.05) is 18.2 Å². The molecule has 0 aromatic heterocycles. The molecule has 0 bridgehead atoms. The number of nitrogens with one attached hydrogen (secondary N) is 2. The lowest BCUT2D eigenvalue weighted by atomic mass is 9.89. The summed E-state index contributed by atoms with van der Waals surface area (Å²) in [5.41, 5.74) is 7.73. The van der Waals surface area contributed by atoms with Crippen molar-refractivity contribution in [3.63, 3.8) is 0 Å². The van der Waals surface area contributed by atoms with Crippen molar-refractivity contribution >= 4 is 29.2 Å². The number of aryl methyl sites for hydroxylation is 2. The maximum atomic E-state index is 12.4. The Morgan fingerprint density at radius 2 is 1.62 bits per heavy atom. The van der Waals surface area contributed by atoms with Crippen LogP contribution in [0.1, 0.15) is 47.2 Å². The molecule has 0 saturated heterocycles. The molecular formula is C22H23ClN2O4. The summed E-state index contributed by atoms with van der Waals surface area (Å²) in [6, 6.07) is 12.6. The van der Waals surface area contributed by atoms with Crippen molar-refractivity contribution in [3.05, 3.63) is 64.2 Å². The van der Waals surface area contributed by atoms with Crippen LogP contribution >= 0.6 is 11.6 Å². The minimum Gasteiger partial charge on any atom is -0.482 e. The Labute approximate surface area is 174 Å². The Kier molecular flexibility index (Phi) is 7.25. The van der Waals surface area contributed by atoms with Crippen molar-refractivity contribution in [1.29, 1.82) is 0 Å². The lowest BCUT2D eigenvalue weighted by molar-refractivity contribution is -0.130. The third-order valence-corrected chi connectivity index (χ3v) is 5.10. The Balaban J connectivity index is 1.39. The quantitative estimate of drug-likeness (QED) is 0.537. The predicted octanol–water partition coefficient (Wildman–Crippen LogP) is 3.41. The molecule has 3 rings (SSSR count). The van der Waals surface area contributed by atoms with Crippen LogP contribution in [0, 0.1) is 0 Å². The van der Waals surface area contributed by atoms with Crippen LogP contribution in [-0.4, -0.2) is 24.2 Å². The summed E-state index contributed by atoms with van der Waals surface area (Å²) in [5, 5.41) is 0.394. The van der Waals surface area contributed by atoms with Gasteiger partial charge >= 0.3 is 0 Å². The Hall–Kier alpha value is -2.86. The maximum Gasteiger partial charge on any atom is 0.276 e. The zero-order valence-corrected chi connectivity index (χ0v) is 16.8. The van der Waals surface area contributed by atoms with Crippen molar-refractivity contribution in [2.24, 2.45) is 0 Å². The first kappa shape index (κ1) is 20.9. The van der Waals surface area contributed by atoms with Gasteiger partial charge in [0.1, 0.15) is 5.75 Å². The molecule has 0 saturated carbocycles. The highest BCUT2D eigenvalue weighted by Crippen LogP contribution is 2.23. The number of hydrazine groups is 1. The second-order valence-corrected chi connectivity index (χ2v) is 7.34. The van der Waals surface area contributed by atoms with Crippen molar-refractivity contribution < 1.29 is 19.1 Å². The Bertz CT molecular complexity index is 913. The summed E-state index contributed by atoms with van der Waals surface area (Å²) in [6.07, 6.45) is 4.46. The van der Waals surface area contributed by atoms with Gasteiger partial charge in [-0.25, -0.2) is 0 Å². The number of carbonyl (C=O) groups is 3. The molecule has 0 atom stereocenters. The number of fused-ring (bicyclic) bond motifs is 1. The first-order valence-corrected chi connectivity index (χ1v) is 10.0. The Morgan fingerprint density at radius 3 is 2.41 bits per heavy atom. The minimum absolute atomic E-state index is 0.0123. The van der Waals surface area contributed by atoms with Gasteiger partial charge in [0.05, 0.1) is 5.02 Å². The summed E-state index contributed by atoms with van der Waals surface area (Å²) in [5.74, 6) is -0.671. The van der Waals surface area contributed by atoms with Gasteiger partial charge in [0, 0.05) is 18.4 Å². The highest BCUT2D eigenvalue weighted by molar-refractivity contribution is 6.32. The largest absolute Gasteiger partial charge is 0.482 e. The minimum atomic E-state index is -0.528. The van der Waals surface area contributed by atoms with E-state index in [9.17, 15) is 14.4 Å². The smallest absolute Gasteiger partial charge is 0.276 e. The number of halogens is 1. The number of ketones is 1. The number of ether oxygens (including phenoxy) is 1. The van der Waals surface area contributed by atoms with E-state index in [-0.39, 0.29) is 25.2 Å². The molecule has 6 nitrogen and oxygen atoms in total. The first-order chi connectivity index (χ1) is 14.0. The average Bonchev–Trinajstić information content (AvgIpc) is 2.75. The molecule has 152 valence electrons. The van der Waals surface area contributed by atoms with E-state index in [1.165, 1.54) is 17.5 Å². The topological polar surface area (TPSA) is 84.5 Å².